The molecule has 0 amide bonds. The van der Waals surface area contributed by atoms with Crippen LogP contribution in [0.25, 0.3) is 0 Å². The van der Waals surface area contributed by atoms with Crippen LogP contribution in [0.5, 0.6) is 0 Å². The fourth-order valence-electron chi connectivity index (χ4n) is 1.78. The molecule has 1 aromatic heterocycles. The lowest BCUT2D eigenvalue weighted by atomic mass is 10.1. The van der Waals surface area contributed by atoms with E-state index in [1.807, 2.05) is 0 Å². The molecular formula is C11H17N3O. The number of anilines is 1. The first kappa shape index (κ1) is 10.4. The van der Waals surface area contributed by atoms with Gasteiger partial charge in [0.15, 0.2) is 0 Å². The van der Waals surface area contributed by atoms with Crippen LogP contribution in [-0.4, -0.2) is 29.2 Å². The monoisotopic (exact) mass is 207 g/mol. The quantitative estimate of drug-likeness (QED) is 0.818. The molecular weight excluding hydrogens is 190 g/mol. The predicted molar refractivity (Wildman–Crippen MR) is 58.9 cm³/mol. The zero-order chi connectivity index (χ0) is 10.5. The molecule has 0 saturated carbocycles. The predicted octanol–water partition coefficient (Wildman–Crippen LogP) is 1.63. The van der Waals surface area contributed by atoms with Crippen LogP contribution in [0.15, 0.2) is 12.4 Å². The summed E-state index contributed by atoms with van der Waals surface area (Å²) in [5.74, 6) is 0.937. The third kappa shape index (κ3) is 2.65. The maximum Gasteiger partial charge on any atom is 0.147 e. The minimum Gasteiger partial charge on any atom is -0.381 e. The molecule has 0 spiro atoms. The van der Waals surface area contributed by atoms with E-state index in [0.717, 1.165) is 44.0 Å². The van der Waals surface area contributed by atoms with Crippen molar-refractivity contribution in [3.05, 3.63) is 18.1 Å². The summed E-state index contributed by atoms with van der Waals surface area (Å²) in [4.78, 5) is 8.64. The van der Waals surface area contributed by atoms with Crippen LogP contribution in [0.1, 0.15) is 25.5 Å². The second kappa shape index (κ2) is 5.07. The number of aromatic nitrogens is 2. The Morgan fingerprint density at radius 2 is 2.07 bits per heavy atom. The first-order valence-corrected chi connectivity index (χ1v) is 5.54. The molecule has 1 aliphatic heterocycles. The molecule has 1 saturated heterocycles. The summed E-state index contributed by atoms with van der Waals surface area (Å²) in [6.45, 7) is 3.79. The summed E-state index contributed by atoms with van der Waals surface area (Å²) in [5, 5.41) is 3.45. The molecule has 1 aromatic rings. The van der Waals surface area contributed by atoms with Crippen molar-refractivity contribution in [2.45, 2.75) is 32.2 Å². The average Bonchev–Trinajstić information content (AvgIpc) is 2.31. The van der Waals surface area contributed by atoms with Crippen molar-refractivity contribution in [2.24, 2.45) is 0 Å². The minimum atomic E-state index is 0.487. The van der Waals surface area contributed by atoms with Crippen molar-refractivity contribution in [2.75, 3.05) is 18.5 Å². The van der Waals surface area contributed by atoms with Gasteiger partial charge in [-0.15, -0.1) is 0 Å². The van der Waals surface area contributed by atoms with Gasteiger partial charge in [-0.2, -0.15) is 0 Å². The largest absolute Gasteiger partial charge is 0.381 e. The first-order chi connectivity index (χ1) is 7.40. The maximum absolute atomic E-state index is 5.32. The van der Waals surface area contributed by atoms with E-state index in [4.69, 9.17) is 4.74 Å². The second-order valence-electron chi connectivity index (χ2n) is 3.74. The molecule has 0 radical (unpaired) electrons. The van der Waals surface area contributed by atoms with Crippen molar-refractivity contribution < 1.29 is 4.74 Å². The normalized spacial score (nSPS) is 17.7. The Labute approximate surface area is 90.1 Å². The van der Waals surface area contributed by atoms with Gasteiger partial charge in [0.25, 0.3) is 0 Å². The number of aryl methyl sites for hydroxylation is 1. The van der Waals surface area contributed by atoms with Crippen molar-refractivity contribution in [3.8, 4) is 0 Å². The third-order valence-corrected chi connectivity index (χ3v) is 2.67. The number of rotatable bonds is 3. The van der Waals surface area contributed by atoms with E-state index in [-0.39, 0.29) is 0 Å². The SMILES string of the molecule is CCc1nccnc1NC1CCOCC1. The third-order valence-electron chi connectivity index (χ3n) is 2.67. The smallest absolute Gasteiger partial charge is 0.147 e. The molecule has 1 N–H and O–H groups in total. The molecule has 0 aromatic carbocycles. The molecule has 0 aliphatic carbocycles. The molecule has 15 heavy (non-hydrogen) atoms. The highest BCUT2D eigenvalue weighted by Crippen LogP contribution is 2.15. The van der Waals surface area contributed by atoms with Gasteiger partial charge in [-0.3, -0.25) is 4.98 Å². The van der Waals surface area contributed by atoms with Gasteiger partial charge in [-0.05, 0) is 19.3 Å². The summed E-state index contributed by atoms with van der Waals surface area (Å²) >= 11 is 0. The Bertz CT molecular complexity index is 310. The fraction of sp³-hybridized carbons (Fsp3) is 0.636. The number of hydrogen-bond donors (Lipinski definition) is 1. The van der Waals surface area contributed by atoms with Crippen LogP contribution >= 0.6 is 0 Å². The molecule has 2 rings (SSSR count). The summed E-state index contributed by atoms with van der Waals surface area (Å²) < 4.78 is 5.32. The Balaban J connectivity index is 2.02. The number of nitrogens with one attached hydrogen (secondary N) is 1. The highest BCUT2D eigenvalue weighted by Gasteiger charge is 2.15. The second-order valence-corrected chi connectivity index (χ2v) is 3.74. The Morgan fingerprint density at radius 3 is 2.80 bits per heavy atom. The van der Waals surface area contributed by atoms with Gasteiger partial charge in [0, 0.05) is 31.6 Å². The average molecular weight is 207 g/mol. The molecule has 0 bridgehead atoms. The Morgan fingerprint density at radius 1 is 1.33 bits per heavy atom. The van der Waals surface area contributed by atoms with E-state index in [1.165, 1.54) is 0 Å². The molecule has 1 aliphatic rings. The molecule has 2 heterocycles. The van der Waals surface area contributed by atoms with E-state index >= 15 is 0 Å². The van der Waals surface area contributed by atoms with Gasteiger partial charge in [0.2, 0.25) is 0 Å². The summed E-state index contributed by atoms with van der Waals surface area (Å²) in [7, 11) is 0. The van der Waals surface area contributed by atoms with Gasteiger partial charge in [0.1, 0.15) is 5.82 Å². The lowest BCUT2D eigenvalue weighted by Crippen LogP contribution is -2.28. The molecule has 0 unspecified atom stereocenters. The van der Waals surface area contributed by atoms with Crippen molar-refractivity contribution in [1.29, 1.82) is 0 Å². The zero-order valence-corrected chi connectivity index (χ0v) is 9.07. The highest BCUT2D eigenvalue weighted by atomic mass is 16.5. The number of ether oxygens (including phenoxy) is 1. The topological polar surface area (TPSA) is 47.0 Å². The van der Waals surface area contributed by atoms with Crippen LogP contribution in [0.3, 0.4) is 0 Å². The van der Waals surface area contributed by atoms with E-state index < -0.39 is 0 Å². The Hall–Kier alpha value is -1.16. The molecule has 4 nitrogen and oxygen atoms in total. The number of hydrogen-bond acceptors (Lipinski definition) is 4. The van der Waals surface area contributed by atoms with Crippen LogP contribution < -0.4 is 5.32 Å². The molecule has 1 fully saturated rings. The standard InChI is InChI=1S/C11H17N3O/c1-2-10-11(13-6-5-12-10)14-9-3-7-15-8-4-9/h5-6,9H,2-4,7-8H2,1H3,(H,13,14). The maximum atomic E-state index is 5.32. The van der Waals surface area contributed by atoms with Gasteiger partial charge < -0.3 is 10.1 Å². The first-order valence-electron chi connectivity index (χ1n) is 5.54. The molecule has 0 atom stereocenters. The van der Waals surface area contributed by atoms with E-state index in [9.17, 15) is 0 Å². The lowest BCUT2D eigenvalue weighted by Gasteiger charge is -2.24. The van der Waals surface area contributed by atoms with Crippen LogP contribution in [0, 0.1) is 0 Å². The molecule has 82 valence electrons. The van der Waals surface area contributed by atoms with Gasteiger partial charge in [-0.1, -0.05) is 6.92 Å². The van der Waals surface area contributed by atoms with Crippen LogP contribution in [0.2, 0.25) is 0 Å². The summed E-state index contributed by atoms with van der Waals surface area (Å²) in [5.41, 5.74) is 1.05. The van der Waals surface area contributed by atoms with E-state index in [0.29, 0.717) is 6.04 Å². The van der Waals surface area contributed by atoms with Crippen molar-refractivity contribution >= 4 is 5.82 Å². The Kier molecular flexibility index (Phi) is 3.50. The molecule has 4 heteroatoms. The summed E-state index contributed by atoms with van der Waals surface area (Å²) in [6, 6.07) is 0.487. The van der Waals surface area contributed by atoms with Crippen LogP contribution in [0.4, 0.5) is 5.82 Å². The van der Waals surface area contributed by atoms with E-state index in [1.54, 1.807) is 12.4 Å². The van der Waals surface area contributed by atoms with Gasteiger partial charge in [-0.25, -0.2) is 4.98 Å². The van der Waals surface area contributed by atoms with Crippen molar-refractivity contribution in [1.82, 2.24) is 9.97 Å². The summed E-state index contributed by atoms with van der Waals surface area (Å²) in [6.07, 6.45) is 6.51. The fourth-order valence-corrected chi connectivity index (χ4v) is 1.78. The number of nitrogens with zero attached hydrogens (tertiary/aromatic N) is 2. The van der Waals surface area contributed by atoms with Crippen LogP contribution in [-0.2, 0) is 11.2 Å². The van der Waals surface area contributed by atoms with Crippen molar-refractivity contribution in [3.63, 3.8) is 0 Å². The van der Waals surface area contributed by atoms with Gasteiger partial charge in [0.05, 0.1) is 5.69 Å². The van der Waals surface area contributed by atoms with Gasteiger partial charge >= 0.3 is 0 Å². The minimum absolute atomic E-state index is 0.487. The lowest BCUT2D eigenvalue weighted by molar-refractivity contribution is 0.0903. The highest BCUT2D eigenvalue weighted by molar-refractivity contribution is 5.40. The zero-order valence-electron chi connectivity index (χ0n) is 9.07. The van der Waals surface area contributed by atoms with E-state index in [2.05, 4.69) is 22.2 Å².